The normalized spacial score (nSPS) is 18.5. The van der Waals surface area contributed by atoms with Crippen LogP contribution in [-0.4, -0.2) is 40.4 Å². The summed E-state index contributed by atoms with van der Waals surface area (Å²) < 4.78 is 40.5. The molecule has 9 heteroatoms. The molecule has 0 amide bonds. The topological polar surface area (TPSA) is 67.1 Å². The molecule has 2 aromatic rings. The van der Waals surface area contributed by atoms with E-state index in [1.165, 1.54) is 12.1 Å². The standard InChI is InChI=1S/C19H25F3N6/c1-13(14-4-3-5-15(10-14)19(20,21)22)8-9-24-18(23-2)27-16-6-7-17-25-12-26-28(17)11-16/h3-5,10,12-13,16H,6-9,11H2,1-2H3,(H2,23,24,27). The molecule has 2 N–H and O–H groups in total. The monoisotopic (exact) mass is 394 g/mol. The summed E-state index contributed by atoms with van der Waals surface area (Å²) in [5, 5.41) is 10.8. The summed E-state index contributed by atoms with van der Waals surface area (Å²) in [6.45, 7) is 3.27. The average Bonchev–Trinajstić information content (AvgIpc) is 3.14. The molecule has 2 heterocycles. The van der Waals surface area contributed by atoms with E-state index in [2.05, 4.69) is 25.7 Å². The Morgan fingerprint density at radius 1 is 1.39 bits per heavy atom. The van der Waals surface area contributed by atoms with Crippen molar-refractivity contribution in [1.29, 1.82) is 0 Å². The Morgan fingerprint density at radius 3 is 2.96 bits per heavy atom. The van der Waals surface area contributed by atoms with E-state index < -0.39 is 11.7 Å². The van der Waals surface area contributed by atoms with Crippen molar-refractivity contribution in [3.8, 4) is 0 Å². The van der Waals surface area contributed by atoms with E-state index in [4.69, 9.17) is 0 Å². The third-order valence-electron chi connectivity index (χ3n) is 5.02. The minimum absolute atomic E-state index is 0.000272. The van der Waals surface area contributed by atoms with E-state index in [9.17, 15) is 13.2 Å². The van der Waals surface area contributed by atoms with E-state index in [0.717, 1.165) is 31.3 Å². The lowest BCUT2D eigenvalue weighted by atomic mass is 9.96. The van der Waals surface area contributed by atoms with Crippen LogP contribution in [0, 0.1) is 0 Å². The number of halogens is 3. The van der Waals surface area contributed by atoms with Crippen molar-refractivity contribution in [3.05, 3.63) is 47.5 Å². The summed E-state index contributed by atoms with van der Waals surface area (Å²) in [5.41, 5.74) is 0.0811. The second kappa shape index (κ2) is 8.62. The molecule has 152 valence electrons. The van der Waals surface area contributed by atoms with Gasteiger partial charge in [-0.2, -0.15) is 18.3 Å². The van der Waals surface area contributed by atoms with Crippen LogP contribution in [0.3, 0.4) is 0 Å². The molecule has 0 saturated carbocycles. The van der Waals surface area contributed by atoms with Crippen molar-refractivity contribution in [2.45, 2.75) is 50.9 Å². The molecule has 0 aliphatic carbocycles. The molecule has 1 aromatic heterocycles. The van der Waals surface area contributed by atoms with E-state index in [-0.39, 0.29) is 12.0 Å². The maximum absolute atomic E-state index is 12.9. The highest BCUT2D eigenvalue weighted by atomic mass is 19.4. The van der Waals surface area contributed by atoms with Crippen LogP contribution in [0.2, 0.25) is 0 Å². The SMILES string of the molecule is CN=C(NCCC(C)c1cccc(C(F)(F)F)c1)NC1CCc2ncnn2C1. The van der Waals surface area contributed by atoms with Crippen molar-refractivity contribution >= 4 is 5.96 Å². The first kappa shape index (κ1) is 20.2. The second-order valence-electron chi connectivity index (χ2n) is 7.05. The van der Waals surface area contributed by atoms with Crippen LogP contribution in [0.15, 0.2) is 35.6 Å². The number of hydrogen-bond acceptors (Lipinski definition) is 3. The van der Waals surface area contributed by atoms with Gasteiger partial charge in [-0.25, -0.2) is 9.67 Å². The molecule has 1 aromatic carbocycles. The molecule has 2 atom stereocenters. The van der Waals surface area contributed by atoms with Gasteiger partial charge in [0.2, 0.25) is 0 Å². The van der Waals surface area contributed by atoms with Crippen molar-refractivity contribution in [1.82, 2.24) is 25.4 Å². The first-order chi connectivity index (χ1) is 13.4. The van der Waals surface area contributed by atoms with E-state index in [1.807, 2.05) is 11.6 Å². The molecule has 0 saturated heterocycles. The number of rotatable bonds is 5. The van der Waals surface area contributed by atoms with Crippen LogP contribution in [0.4, 0.5) is 13.2 Å². The lowest BCUT2D eigenvalue weighted by Crippen LogP contribution is -2.47. The Kier molecular flexibility index (Phi) is 6.21. The molecule has 0 bridgehead atoms. The molecule has 0 radical (unpaired) electrons. The summed E-state index contributed by atoms with van der Waals surface area (Å²) in [6.07, 6.45) is -0.245. The molecule has 1 aliphatic rings. The minimum atomic E-state index is -4.32. The van der Waals surface area contributed by atoms with Crippen LogP contribution in [0.1, 0.15) is 42.6 Å². The summed E-state index contributed by atoms with van der Waals surface area (Å²) in [7, 11) is 1.70. The highest BCUT2D eigenvalue weighted by molar-refractivity contribution is 5.79. The number of aliphatic imine (C=N–C) groups is 1. The Balaban J connectivity index is 1.48. The van der Waals surface area contributed by atoms with Gasteiger partial charge >= 0.3 is 6.18 Å². The van der Waals surface area contributed by atoms with Crippen LogP contribution in [0.25, 0.3) is 0 Å². The number of nitrogens with zero attached hydrogens (tertiary/aromatic N) is 4. The summed E-state index contributed by atoms with van der Waals surface area (Å²) >= 11 is 0. The number of benzene rings is 1. The fourth-order valence-corrected chi connectivity index (χ4v) is 3.34. The van der Waals surface area contributed by atoms with Gasteiger partial charge in [-0.1, -0.05) is 25.1 Å². The van der Waals surface area contributed by atoms with Gasteiger partial charge in [0.05, 0.1) is 12.1 Å². The molecule has 0 spiro atoms. The summed E-state index contributed by atoms with van der Waals surface area (Å²) in [4.78, 5) is 8.46. The highest BCUT2D eigenvalue weighted by Gasteiger charge is 2.30. The number of alkyl halides is 3. The third kappa shape index (κ3) is 5.02. The van der Waals surface area contributed by atoms with Gasteiger partial charge in [-0.05, 0) is 30.4 Å². The van der Waals surface area contributed by atoms with Gasteiger partial charge in [-0.15, -0.1) is 0 Å². The van der Waals surface area contributed by atoms with Crippen LogP contribution >= 0.6 is 0 Å². The Hall–Kier alpha value is -2.58. The average molecular weight is 394 g/mol. The van der Waals surface area contributed by atoms with Crippen molar-refractivity contribution < 1.29 is 13.2 Å². The zero-order valence-corrected chi connectivity index (χ0v) is 16.0. The predicted octanol–water partition coefficient (Wildman–Crippen LogP) is 2.97. The predicted molar refractivity (Wildman–Crippen MR) is 101 cm³/mol. The molecule has 3 rings (SSSR count). The highest BCUT2D eigenvalue weighted by Crippen LogP contribution is 2.31. The van der Waals surface area contributed by atoms with Crippen LogP contribution < -0.4 is 10.6 Å². The van der Waals surface area contributed by atoms with Crippen LogP contribution in [0.5, 0.6) is 0 Å². The second-order valence-corrected chi connectivity index (χ2v) is 7.05. The number of fused-ring (bicyclic) bond motifs is 1. The Labute approximate surface area is 162 Å². The molecule has 28 heavy (non-hydrogen) atoms. The molecular weight excluding hydrogens is 369 g/mol. The lowest BCUT2D eigenvalue weighted by Gasteiger charge is -2.25. The number of guanidine groups is 1. The minimum Gasteiger partial charge on any atom is -0.356 e. The molecular formula is C19H25F3N6. The Bertz CT molecular complexity index is 814. The third-order valence-corrected chi connectivity index (χ3v) is 5.02. The number of aromatic nitrogens is 3. The molecule has 1 aliphatic heterocycles. The van der Waals surface area contributed by atoms with Gasteiger partial charge in [0, 0.05) is 26.1 Å². The van der Waals surface area contributed by atoms with Crippen LogP contribution in [-0.2, 0) is 19.1 Å². The molecule has 6 nitrogen and oxygen atoms in total. The lowest BCUT2D eigenvalue weighted by molar-refractivity contribution is -0.137. The quantitative estimate of drug-likeness (QED) is 0.604. The van der Waals surface area contributed by atoms with E-state index >= 15 is 0 Å². The summed E-state index contributed by atoms with van der Waals surface area (Å²) in [5.74, 6) is 1.68. The number of nitrogens with one attached hydrogen (secondary N) is 2. The van der Waals surface area contributed by atoms with Gasteiger partial charge < -0.3 is 10.6 Å². The van der Waals surface area contributed by atoms with E-state index in [1.54, 1.807) is 19.4 Å². The number of hydrogen-bond donors (Lipinski definition) is 2. The van der Waals surface area contributed by atoms with Gasteiger partial charge in [0.15, 0.2) is 5.96 Å². The smallest absolute Gasteiger partial charge is 0.356 e. The Morgan fingerprint density at radius 2 is 2.21 bits per heavy atom. The van der Waals surface area contributed by atoms with Gasteiger partial charge in [0.1, 0.15) is 12.2 Å². The van der Waals surface area contributed by atoms with Crippen molar-refractivity contribution in [2.24, 2.45) is 4.99 Å². The zero-order valence-electron chi connectivity index (χ0n) is 16.0. The first-order valence-corrected chi connectivity index (χ1v) is 9.38. The molecule has 0 fully saturated rings. The fraction of sp³-hybridized carbons (Fsp3) is 0.526. The summed E-state index contributed by atoms with van der Waals surface area (Å²) in [6, 6.07) is 5.75. The number of aryl methyl sites for hydroxylation is 1. The van der Waals surface area contributed by atoms with E-state index in [0.29, 0.717) is 24.5 Å². The maximum atomic E-state index is 12.9. The fourth-order valence-electron chi connectivity index (χ4n) is 3.34. The van der Waals surface area contributed by atoms with Crippen molar-refractivity contribution in [2.75, 3.05) is 13.6 Å². The van der Waals surface area contributed by atoms with Gasteiger partial charge in [-0.3, -0.25) is 4.99 Å². The zero-order chi connectivity index (χ0) is 20.1. The van der Waals surface area contributed by atoms with Crippen molar-refractivity contribution in [3.63, 3.8) is 0 Å². The largest absolute Gasteiger partial charge is 0.416 e. The first-order valence-electron chi connectivity index (χ1n) is 9.38. The maximum Gasteiger partial charge on any atom is 0.416 e. The molecule has 2 unspecified atom stereocenters. The van der Waals surface area contributed by atoms with Gasteiger partial charge in [0.25, 0.3) is 0 Å².